The van der Waals surface area contributed by atoms with Crippen LogP contribution in [0.25, 0.3) is 0 Å². The van der Waals surface area contributed by atoms with Crippen molar-refractivity contribution in [3.63, 3.8) is 0 Å². The molecule has 1 aromatic carbocycles. The molecule has 0 aromatic heterocycles. The fourth-order valence-corrected chi connectivity index (χ4v) is 3.77. The molecule has 3 aliphatic rings. The van der Waals surface area contributed by atoms with Crippen LogP contribution in [0.3, 0.4) is 0 Å². The van der Waals surface area contributed by atoms with Gasteiger partial charge in [0.15, 0.2) is 0 Å². The predicted molar refractivity (Wildman–Crippen MR) is 84.2 cm³/mol. The van der Waals surface area contributed by atoms with Gasteiger partial charge in [-0.1, -0.05) is 15.9 Å². The van der Waals surface area contributed by atoms with Crippen molar-refractivity contribution in [2.75, 3.05) is 39.8 Å². The Morgan fingerprint density at radius 3 is 2.70 bits per heavy atom. The van der Waals surface area contributed by atoms with Crippen molar-refractivity contribution < 1.29 is 4.74 Å². The zero-order valence-corrected chi connectivity index (χ0v) is 13.5. The molecule has 2 unspecified atom stereocenters. The molecule has 0 aliphatic carbocycles. The fourth-order valence-electron chi connectivity index (χ4n) is 3.36. The van der Waals surface area contributed by atoms with Crippen LogP contribution >= 0.6 is 15.9 Å². The third-order valence-electron chi connectivity index (χ3n) is 4.51. The van der Waals surface area contributed by atoms with E-state index in [-0.39, 0.29) is 6.04 Å². The molecule has 0 saturated carbocycles. The van der Waals surface area contributed by atoms with Crippen LogP contribution in [0.4, 0.5) is 0 Å². The van der Waals surface area contributed by atoms with Gasteiger partial charge in [-0.2, -0.15) is 0 Å². The average Bonchev–Trinajstić information content (AvgIpc) is 2.48. The van der Waals surface area contributed by atoms with E-state index in [0.29, 0.717) is 6.04 Å². The summed E-state index contributed by atoms with van der Waals surface area (Å²) in [5.74, 6) is 0.930. The third kappa shape index (κ3) is 2.86. The molecule has 2 N–H and O–H groups in total. The van der Waals surface area contributed by atoms with E-state index in [0.717, 1.165) is 36.3 Å². The van der Waals surface area contributed by atoms with Gasteiger partial charge in [0, 0.05) is 49.3 Å². The molecule has 2 atom stereocenters. The Morgan fingerprint density at radius 2 is 2.10 bits per heavy atom. The van der Waals surface area contributed by atoms with Crippen LogP contribution in [0.2, 0.25) is 0 Å². The standard InChI is InChI=1S/C15H22BrN3O/c1-20-15-3-2-12(16)8-11(15)9-13(17)14-10-18-4-6-19(14)7-5-18/h2-3,8,13-14H,4-7,9-10,17H2,1H3. The van der Waals surface area contributed by atoms with Crippen molar-refractivity contribution in [2.24, 2.45) is 5.73 Å². The number of piperazine rings is 3. The topological polar surface area (TPSA) is 41.7 Å². The first-order chi connectivity index (χ1) is 9.67. The minimum absolute atomic E-state index is 0.154. The van der Waals surface area contributed by atoms with E-state index in [1.54, 1.807) is 7.11 Å². The summed E-state index contributed by atoms with van der Waals surface area (Å²) < 4.78 is 6.53. The molecular weight excluding hydrogens is 318 g/mol. The highest BCUT2D eigenvalue weighted by Crippen LogP contribution is 2.26. The normalized spacial score (nSPS) is 30.2. The van der Waals surface area contributed by atoms with Crippen molar-refractivity contribution in [1.82, 2.24) is 9.80 Å². The lowest BCUT2D eigenvalue weighted by Gasteiger charge is -2.49. The number of methoxy groups -OCH3 is 1. The summed E-state index contributed by atoms with van der Waals surface area (Å²) in [4.78, 5) is 5.08. The molecule has 3 aliphatic heterocycles. The highest BCUT2D eigenvalue weighted by atomic mass is 79.9. The lowest BCUT2D eigenvalue weighted by molar-refractivity contribution is 0.00253. The molecule has 1 aromatic rings. The fraction of sp³-hybridized carbons (Fsp3) is 0.600. The third-order valence-corrected chi connectivity index (χ3v) is 5.01. The van der Waals surface area contributed by atoms with Crippen LogP contribution in [0, 0.1) is 0 Å². The summed E-state index contributed by atoms with van der Waals surface area (Å²) in [7, 11) is 1.72. The quantitative estimate of drug-likeness (QED) is 0.898. The Morgan fingerprint density at radius 1 is 1.35 bits per heavy atom. The zero-order chi connectivity index (χ0) is 14.1. The first kappa shape index (κ1) is 14.3. The van der Waals surface area contributed by atoms with E-state index in [4.69, 9.17) is 10.5 Å². The number of nitrogens with two attached hydrogens (primary N) is 1. The van der Waals surface area contributed by atoms with Crippen molar-refractivity contribution in [2.45, 2.75) is 18.5 Å². The summed E-state index contributed by atoms with van der Waals surface area (Å²) in [6, 6.07) is 6.76. The maximum absolute atomic E-state index is 6.50. The van der Waals surface area contributed by atoms with Gasteiger partial charge in [0.1, 0.15) is 5.75 Å². The summed E-state index contributed by atoms with van der Waals surface area (Å²) in [6.45, 7) is 5.83. The maximum atomic E-state index is 6.50. The van der Waals surface area contributed by atoms with Gasteiger partial charge < -0.3 is 10.5 Å². The van der Waals surface area contributed by atoms with Gasteiger partial charge in [-0.05, 0) is 30.2 Å². The Kier molecular flexibility index (Phi) is 4.31. The van der Waals surface area contributed by atoms with E-state index in [9.17, 15) is 0 Å². The molecule has 4 nitrogen and oxygen atoms in total. The highest BCUT2D eigenvalue weighted by Gasteiger charge is 2.35. The molecule has 3 heterocycles. The van der Waals surface area contributed by atoms with E-state index in [1.807, 2.05) is 12.1 Å². The molecule has 3 saturated heterocycles. The Hall–Kier alpha value is -0.620. The van der Waals surface area contributed by atoms with E-state index in [2.05, 4.69) is 31.8 Å². The number of benzene rings is 1. The first-order valence-electron chi connectivity index (χ1n) is 7.22. The van der Waals surface area contributed by atoms with E-state index in [1.165, 1.54) is 18.7 Å². The van der Waals surface area contributed by atoms with Gasteiger partial charge in [0.05, 0.1) is 7.11 Å². The SMILES string of the molecule is COc1ccc(Br)cc1CC(N)C1CN2CCN1CC2. The second-order valence-corrected chi connectivity index (χ2v) is 6.64. The molecule has 3 fully saturated rings. The lowest BCUT2D eigenvalue weighted by atomic mass is 9.95. The van der Waals surface area contributed by atoms with Crippen LogP contribution < -0.4 is 10.5 Å². The van der Waals surface area contributed by atoms with Gasteiger partial charge in [-0.25, -0.2) is 0 Å². The second kappa shape index (κ2) is 6.02. The van der Waals surface area contributed by atoms with Gasteiger partial charge in [-0.15, -0.1) is 0 Å². The number of rotatable bonds is 4. The van der Waals surface area contributed by atoms with Crippen molar-refractivity contribution >= 4 is 15.9 Å². The first-order valence-corrected chi connectivity index (χ1v) is 8.01. The summed E-state index contributed by atoms with van der Waals surface area (Å²) in [5.41, 5.74) is 7.69. The Labute approximate surface area is 129 Å². The minimum Gasteiger partial charge on any atom is -0.496 e. The van der Waals surface area contributed by atoms with Crippen LogP contribution in [0.5, 0.6) is 5.75 Å². The molecule has 5 heteroatoms. The zero-order valence-electron chi connectivity index (χ0n) is 11.9. The van der Waals surface area contributed by atoms with E-state index < -0.39 is 0 Å². The lowest BCUT2D eigenvalue weighted by Crippen LogP contribution is -2.66. The number of hydrogen-bond acceptors (Lipinski definition) is 4. The van der Waals surface area contributed by atoms with Gasteiger partial charge >= 0.3 is 0 Å². The van der Waals surface area contributed by atoms with Crippen molar-refractivity contribution in [3.05, 3.63) is 28.2 Å². The molecule has 0 amide bonds. The van der Waals surface area contributed by atoms with Gasteiger partial charge in [0.25, 0.3) is 0 Å². The average molecular weight is 340 g/mol. The van der Waals surface area contributed by atoms with Crippen LogP contribution in [0.1, 0.15) is 5.56 Å². The predicted octanol–water partition coefficient (Wildman–Crippen LogP) is 1.33. The van der Waals surface area contributed by atoms with Crippen LogP contribution in [0.15, 0.2) is 22.7 Å². The highest BCUT2D eigenvalue weighted by molar-refractivity contribution is 9.10. The summed E-state index contributed by atoms with van der Waals surface area (Å²) in [6.07, 6.45) is 0.859. The molecule has 20 heavy (non-hydrogen) atoms. The molecule has 4 rings (SSSR count). The second-order valence-electron chi connectivity index (χ2n) is 5.73. The number of fused-ring (bicyclic) bond motifs is 3. The van der Waals surface area contributed by atoms with Crippen molar-refractivity contribution in [3.8, 4) is 5.75 Å². The largest absolute Gasteiger partial charge is 0.496 e. The summed E-state index contributed by atoms with van der Waals surface area (Å²) in [5, 5.41) is 0. The van der Waals surface area contributed by atoms with Gasteiger partial charge in [-0.3, -0.25) is 9.80 Å². The smallest absolute Gasteiger partial charge is 0.122 e. The number of nitrogens with zero attached hydrogens (tertiary/aromatic N) is 2. The van der Waals surface area contributed by atoms with Crippen molar-refractivity contribution in [1.29, 1.82) is 0 Å². The van der Waals surface area contributed by atoms with Crippen LogP contribution in [-0.2, 0) is 6.42 Å². The monoisotopic (exact) mass is 339 g/mol. The number of halogens is 1. The van der Waals surface area contributed by atoms with Gasteiger partial charge in [0.2, 0.25) is 0 Å². The molecule has 110 valence electrons. The Balaban J connectivity index is 1.72. The Bertz CT molecular complexity index is 474. The van der Waals surface area contributed by atoms with E-state index >= 15 is 0 Å². The minimum atomic E-state index is 0.154. The molecular formula is C15H22BrN3O. The molecule has 0 radical (unpaired) electrons. The maximum Gasteiger partial charge on any atom is 0.122 e. The number of ether oxygens (including phenoxy) is 1. The van der Waals surface area contributed by atoms with Crippen LogP contribution in [-0.4, -0.2) is 61.7 Å². The summed E-state index contributed by atoms with van der Waals surface area (Å²) >= 11 is 3.53. The number of hydrogen-bond donors (Lipinski definition) is 1. The molecule has 2 bridgehead atoms. The molecule has 0 spiro atoms.